The number of allylic oxidation sites excluding steroid dienone is 2. The molecule has 0 amide bonds. The van der Waals surface area contributed by atoms with E-state index in [1.807, 2.05) is 0 Å². The zero-order chi connectivity index (χ0) is 13.4. The first kappa shape index (κ1) is 13.1. The van der Waals surface area contributed by atoms with Crippen molar-refractivity contribution >= 4 is 0 Å². The van der Waals surface area contributed by atoms with Crippen molar-refractivity contribution in [1.29, 1.82) is 0 Å². The number of hydrogen-bond acceptors (Lipinski definition) is 5. The first-order chi connectivity index (χ1) is 8.45. The lowest BCUT2D eigenvalue weighted by Crippen LogP contribution is -2.31. The molecule has 5 N–H and O–H groups in total. The molecule has 0 bridgehead atoms. The van der Waals surface area contributed by atoms with Gasteiger partial charge in [-0.25, -0.2) is 4.39 Å². The number of halogens is 1. The number of dihydropyridines is 1. The maximum Gasteiger partial charge on any atom is 0.192 e. The average Bonchev–Trinajstić information content (AvgIpc) is 2.61. The van der Waals surface area contributed by atoms with E-state index in [9.17, 15) is 19.7 Å². The van der Waals surface area contributed by atoms with Crippen LogP contribution < -0.4 is 5.32 Å². The van der Waals surface area contributed by atoms with Crippen LogP contribution in [0.2, 0.25) is 0 Å². The van der Waals surface area contributed by atoms with E-state index < -0.39 is 29.9 Å². The van der Waals surface area contributed by atoms with Crippen LogP contribution in [-0.2, 0) is 0 Å². The number of nitrogens with one attached hydrogen (secondary N) is 1. The molecule has 0 radical (unpaired) electrons. The third-order valence-corrected chi connectivity index (χ3v) is 3.55. The van der Waals surface area contributed by atoms with Gasteiger partial charge in [0.05, 0.1) is 17.9 Å². The van der Waals surface area contributed by atoms with Crippen molar-refractivity contribution in [2.24, 2.45) is 11.8 Å². The molecule has 1 aliphatic carbocycles. The second-order valence-corrected chi connectivity index (χ2v) is 4.67. The summed E-state index contributed by atoms with van der Waals surface area (Å²) in [5, 5.41) is 40.7. The fourth-order valence-electron chi connectivity index (χ4n) is 2.46. The summed E-state index contributed by atoms with van der Waals surface area (Å²) in [5.41, 5.74) is 0.130. The second kappa shape index (κ2) is 4.72. The molecular formula is C12H16FNO4. The Bertz CT molecular complexity index is 432. The first-order valence-electron chi connectivity index (χ1n) is 5.69. The Morgan fingerprint density at radius 3 is 2.61 bits per heavy atom. The summed E-state index contributed by atoms with van der Waals surface area (Å²) in [6, 6.07) is 0. The second-order valence-electron chi connectivity index (χ2n) is 4.67. The molecule has 0 aromatic carbocycles. The van der Waals surface area contributed by atoms with Crippen molar-refractivity contribution in [3.05, 3.63) is 35.6 Å². The maximum atomic E-state index is 13.4. The molecule has 1 aliphatic heterocycles. The van der Waals surface area contributed by atoms with Crippen LogP contribution in [0.1, 0.15) is 6.42 Å². The summed E-state index contributed by atoms with van der Waals surface area (Å²) in [5.74, 6) is -2.01. The highest BCUT2D eigenvalue weighted by Crippen LogP contribution is 2.39. The molecule has 100 valence electrons. The van der Waals surface area contributed by atoms with E-state index in [4.69, 9.17) is 5.11 Å². The van der Waals surface area contributed by atoms with E-state index in [1.54, 1.807) is 0 Å². The Kier molecular flexibility index (Phi) is 3.43. The Labute approximate surface area is 104 Å². The van der Waals surface area contributed by atoms with Gasteiger partial charge in [-0.3, -0.25) is 0 Å². The van der Waals surface area contributed by atoms with Gasteiger partial charge >= 0.3 is 0 Å². The molecule has 2 rings (SSSR count). The largest absolute Gasteiger partial charge is 0.494 e. The molecule has 4 atom stereocenters. The van der Waals surface area contributed by atoms with Crippen molar-refractivity contribution in [1.82, 2.24) is 5.32 Å². The lowest BCUT2D eigenvalue weighted by atomic mass is 9.92. The summed E-state index contributed by atoms with van der Waals surface area (Å²) in [4.78, 5) is 0. The summed E-state index contributed by atoms with van der Waals surface area (Å²) >= 11 is 0. The van der Waals surface area contributed by atoms with Gasteiger partial charge in [0.25, 0.3) is 0 Å². The van der Waals surface area contributed by atoms with Gasteiger partial charge in [-0.15, -0.1) is 0 Å². The normalized spacial score (nSPS) is 36.7. The molecule has 0 aromatic rings. The lowest BCUT2D eigenvalue weighted by molar-refractivity contribution is -0.00193. The first-order valence-corrected chi connectivity index (χ1v) is 5.69. The number of rotatable bonds is 2. The smallest absolute Gasteiger partial charge is 0.192 e. The van der Waals surface area contributed by atoms with Crippen LogP contribution in [0.4, 0.5) is 4.39 Å². The van der Waals surface area contributed by atoms with E-state index in [1.165, 1.54) is 0 Å². The third kappa shape index (κ3) is 2.03. The van der Waals surface area contributed by atoms with Crippen molar-refractivity contribution in [3.63, 3.8) is 0 Å². The minimum Gasteiger partial charge on any atom is -0.494 e. The van der Waals surface area contributed by atoms with Crippen molar-refractivity contribution < 1.29 is 24.8 Å². The molecule has 0 unspecified atom stereocenters. The van der Waals surface area contributed by atoms with Crippen molar-refractivity contribution in [2.75, 3.05) is 6.61 Å². The van der Waals surface area contributed by atoms with Crippen LogP contribution in [0.5, 0.6) is 0 Å². The van der Waals surface area contributed by atoms with Crippen molar-refractivity contribution in [2.45, 2.75) is 18.6 Å². The van der Waals surface area contributed by atoms with Crippen LogP contribution in [0.3, 0.4) is 0 Å². The van der Waals surface area contributed by atoms with Crippen LogP contribution in [-0.4, -0.2) is 39.2 Å². The van der Waals surface area contributed by atoms with Gasteiger partial charge < -0.3 is 25.7 Å². The molecule has 0 aromatic heterocycles. The molecule has 5 nitrogen and oxygen atoms in total. The lowest BCUT2D eigenvalue weighted by Gasteiger charge is -2.23. The minimum absolute atomic E-state index is 0.0528. The Morgan fingerprint density at radius 2 is 2.06 bits per heavy atom. The van der Waals surface area contributed by atoms with E-state index in [0.29, 0.717) is 0 Å². The quantitative estimate of drug-likeness (QED) is 0.483. The molecule has 0 spiro atoms. The van der Waals surface area contributed by atoms with E-state index in [2.05, 4.69) is 11.9 Å². The molecule has 1 fully saturated rings. The SMILES string of the molecule is C=C1NC(O)=C([C@@H]2C[C@H](CO)[C@@H](O)[C@H]2O)C=C1F. The Balaban J connectivity index is 2.28. The number of aliphatic hydroxyl groups is 4. The monoisotopic (exact) mass is 257 g/mol. The predicted molar refractivity (Wildman–Crippen MR) is 61.8 cm³/mol. The van der Waals surface area contributed by atoms with Crippen LogP contribution in [0.15, 0.2) is 35.6 Å². The van der Waals surface area contributed by atoms with Gasteiger partial charge in [0.15, 0.2) is 5.88 Å². The van der Waals surface area contributed by atoms with Crippen LogP contribution >= 0.6 is 0 Å². The van der Waals surface area contributed by atoms with Crippen molar-refractivity contribution in [3.8, 4) is 0 Å². The highest BCUT2D eigenvalue weighted by Gasteiger charge is 2.43. The van der Waals surface area contributed by atoms with Gasteiger partial charge in [-0.05, 0) is 12.5 Å². The highest BCUT2D eigenvalue weighted by atomic mass is 19.1. The highest BCUT2D eigenvalue weighted by molar-refractivity contribution is 5.40. The molecule has 1 heterocycles. The summed E-state index contributed by atoms with van der Waals surface area (Å²) in [6.07, 6.45) is -0.858. The van der Waals surface area contributed by atoms with E-state index in [-0.39, 0.29) is 30.2 Å². The van der Waals surface area contributed by atoms with Gasteiger partial charge in [-0.2, -0.15) is 0 Å². The van der Waals surface area contributed by atoms with Gasteiger partial charge in [0.1, 0.15) is 5.83 Å². The fraction of sp³-hybridized carbons (Fsp3) is 0.500. The zero-order valence-corrected chi connectivity index (χ0v) is 9.67. The fourth-order valence-corrected chi connectivity index (χ4v) is 2.46. The summed E-state index contributed by atoms with van der Waals surface area (Å²) < 4.78 is 13.4. The summed E-state index contributed by atoms with van der Waals surface area (Å²) in [7, 11) is 0. The van der Waals surface area contributed by atoms with E-state index in [0.717, 1.165) is 6.08 Å². The summed E-state index contributed by atoms with van der Waals surface area (Å²) in [6.45, 7) is 3.10. The van der Waals surface area contributed by atoms with Crippen LogP contribution in [0, 0.1) is 11.8 Å². The number of hydrogen-bond donors (Lipinski definition) is 5. The predicted octanol–water partition coefficient (Wildman–Crippen LogP) is 0.0765. The molecule has 6 heteroatoms. The molecule has 18 heavy (non-hydrogen) atoms. The minimum atomic E-state index is -1.14. The Hall–Kier alpha value is -1.37. The topological polar surface area (TPSA) is 93.0 Å². The average molecular weight is 257 g/mol. The van der Waals surface area contributed by atoms with Gasteiger partial charge in [0.2, 0.25) is 0 Å². The van der Waals surface area contributed by atoms with Gasteiger partial charge in [0, 0.05) is 24.0 Å². The maximum absolute atomic E-state index is 13.4. The van der Waals surface area contributed by atoms with Crippen LogP contribution in [0.25, 0.3) is 0 Å². The standard InChI is InChI=1S/C12H16FNO4/c1-5-9(13)3-8(12(18)14-5)7-2-6(4-15)10(16)11(7)17/h3,6-7,10-11,14-18H,1-2,4H2/t6-,7+,10-,11+/m1/s1. The molecule has 1 saturated carbocycles. The Morgan fingerprint density at radius 1 is 1.39 bits per heavy atom. The zero-order valence-electron chi connectivity index (χ0n) is 9.67. The molecule has 0 saturated heterocycles. The molecular weight excluding hydrogens is 241 g/mol. The van der Waals surface area contributed by atoms with E-state index >= 15 is 0 Å². The number of aliphatic hydroxyl groups excluding tert-OH is 4. The van der Waals surface area contributed by atoms with Gasteiger partial charge in [-0.1, -0.05) is 6.58 Å². The molecule has 2 aliphatic rings. The third-order valence-electron chi connectivity index (χ3n) is 3.55.